The number of anilines is 1. The molecule has 5 heteroatoms. The fourth-order valence-corrected chi connectivity index (χ4v) is 1.55. The Kier molecular flexibility index (Phi) is 3.35. The van der Waals surface area contributed by atoms with Gasteiger partial charge in [0.25, 0.3) is 0 Å². The van der Waals surface area contributed by atoms with Crippen molar-refractivity contribution in [2.75, 3.05) is 5.32 Å². The van der Waals surface area contributed by atoms with E-state index in [0.29, 0.717) is 17.1 Å². The highest BCUT2D eigenvalue weighted by Crippen LogP contribution is 2.16. The van der Waals surface area contributed by atoms with Crippen LogP contribution in [0.15, 0.2) is 41.0 Å². The average molecular weight is 252 g/mol. The third-order valence-corrected chi connectivity index (χ3v) is 2.52. The lowest BCUT2D eigenvalue weighted by Gasteiger charge is -2.05. The predicted molar refractivity (Wildman–Crippen MR) is 64.4 cm³/mol. The highest BCUT2D eigenvalue weighted by molar-refractivity contribution is 6.30. The average Bonchev–Trinajstić information content (AvgIpc) is 2.76. The zero-order valence-corrected chi connectivity index (χ0v) is 9.57. The highest BCUT2D eigenvalue weighted by atomic mass is 35.5. The largest absolute Gasteiger partial charge is 0.475 e. The van der Waals surface area contributed by atoms with Crippen LogP contribution < -0.4 is 5.32 Å². The van der Waals surface area contributed by atoms with Crippen LogP contribution in [-0.4, -0.2) is 11.1 Å². The molecule has 0 atom stereocenters. The first-order valence-electron chi connectivity index (χ1n) is 4.96. The van der Waals surface area contributed by atoms with Crippen LogP contribution in [0, 0.1) is 0 Å². The van der Waals surface area contributed by atoms with Gasteiger partial charge in [-0.05, 0) is 30.3 Å². The molecule has 1 heterocycles. The fourth-order valence-electron chi connectivity index (χ4n) is 1.43. The van der Waals surface area contributed by atoms with E-state index in [1.807, 2.05) is 12.1 Å². The number of hydrogen-bond acceptors (Lipinski definition) is 3. The minimum atomic E-state index is -1.07. The van der Waals surface area contributed by atoms with Crippen LogP contribution in [0.4, 0.5) is 5.69 Å². The van der Waals surface area contributed by atoms with E-state index in [1.165, 1.54) is 6.26 Å². The molecule has 0 bridgehead atoms. The number of rotatable bonds is 4. The van der Waals surface area contributed by atoms with Gasteiger partial charge in [-0.15, -0.1) is 0 Å². The van der Waals surface area contributed by atoms with Crippen LogP contribution in [0.25, 0.3) is 0 Å². The molecular formula is C12H10ClNO3. The summed E-state index contributed by atoms with van der Waals surface area (Å²) in [5.74, 6) is -1.10. The standard InChI is InChI=1S/C12H10ClNO3/c13-9-1-3-10(4-2-9)14-7-8-5-6-17-11(8)12(15)16/h1-6,14H,7H2,(H,15,16). The molecule has 4 nitrogen and oxygen atoms in total. The Balaban J connectivity index is 2.05. The van der Waals surface area contributed by atoms with E-state index in [2.05, 4.69) is 5.32 Å². The normalized spacial score (nSPS) is 10.2. The molecule has 0 spiro atoms. The molecule has 0 amide bonds. The number of aromatic carboxylic acids is 1. The highest BCUT2D eigenvalue weighted by Gasteiger charge is 2.13. The number of halogens is 1. The van der Waals surface area contributed by atoms with Crippen molar-refractivity contribution in [3.63, 3.8) is 0 Å². The molecule has 0 saturated carbocycles. The van der Waals surface area contributed by atoms with Crippen LogP contribution in [0.3, 0.4) is 0 Å². The number of furan rings is 1. The van der Waals surface area contributed by atoms with Crippen LogP contribution in [0.2, 0.25) is 5.02 Å². The van der Waals surface area contributed by atoms with Gasteiger partial charge in [-0.1, -0.05) is 11.6 Å². The number of nitrogens with one attached hydrogen (secondary N) is 1. The summed E-state index contributed by atoms with van der Waals surface area (Å²) in [5.41, 5.74) is 1.47. The summed E-state index contributed by atoms with van der Waals surface area (Å²) in [5, 5.41) is 12.6. The first kappa shape index (κ1) is 11.5. The van der Waals surface area contributed by atoms with Gasteiger partial charge in [0.1, 0.15) is 0 Å². The van der Waals surface area contributed by atoms with Crippen molar-refractivity contribution in [3.05, 3.63) is 52.9 Å². The third kappa shape index (κ3) is 2.79. The van der Waals surface area contributed by atoms with Gasteiger partial charge in [0.15, 0.2) is 0 Å². The number of hydrogen-bond donors (Lipinski definition) is 2. The molecular weight excluding hydrogens is 242 g/mol. The Labute approximate surface area is 103 Å². The summed E-state index contributed by atoms with van der Waals surface area (Å²) in [4.78, 5) is 10.8. The van der Waals surface area contributed by atoms with E-state index < -0.39 is 5.97 Å². The molecule has 1 aromatic carbocycles. The second-order valence-corrected chi connectivity index (χ2v) is 3.88. The van der Waals surface area contributed by atoms with Crippen LogP contribution in [-0.2, 0) is 6.54 Å². The van der Waals surface area contributed by atoms with Gasteiger partial charge in [-0.2, -0.15) is 0 Å². The quantitative estimate of drug-likeness (QED) is 0.876. The maximum absolute atomic E-state index is 10.8. The summed E-state index contributed by atoms with van der Waals surface area (Å²) < 4.78 is 4.87. The number of carboxylic acid groups (broad SMARTS) is 1. The molecule has 1 aromatic heterocycles. The Bertz CT molecular complexity index is 519. The minimum Gasteiger partial charge on any atom is -0.475 e. The Morgan fingerprint density at radius 1 is 1.29 bits per heavy atom. The SMILES string of the molecule is O=C(O)c1occc1CNc1ccc(Cl)cc1. The Morgan fingerprint density at radius 2 is 2.00 bits per heavy atom. The van der Waals surface area contributed by atoms with Crippen molar-refractivity contribution < 1.29 is 14.3 Å². The van der Waals surface area contributed by atoms with Crippen LogP contribution >= 0.6 is 11.6 Å². The van der Waals surface area contributed by atoms with Crippen molar-refractivity contribution in [2.24, 2.45) is 0 Å². The minimum absolute atomic E-state index is 0.0357. The van der Waals surface area contributed by atoms with Gasteiger partial charge in [0, 0.05) is 22.8 Å². The van der Waals surface area contributed by atoms with Gasteiger partial charge in [0.2, 0.25) is 5.76 Å². The molecule has 0 aliphatic heterocycles. The number of carboxylic acids is 1. The van der Waals surface area contributed by atoms with Crippen LogP contribution in [0.1, 0.15) is 16.1 Å². The van der Waals surface area contributed by atoms with Crippen molar-refractivity contribution >= 4 is 23.3 Å². The fraction of sp³-hybridized carbons (Fsp3) is 0.0833. The molecule has 2 aromatic rings. The monoisotopic (exact) mass is 251 g/mol. The molecule has 17 heavy (non-hydrogen) atoms. The van der Waals surface area contributed by atoms with Gasteiger partial charge >= 0.3 is 5.97 Å². The lowest BCUT2D eigenvalue weighted by atomic mass is 10.2. The van der Waals surface area contributed by atoms with E-state index in [-0.39, 0.29) is 5.76 Å². The summed E-state index contributed by atoms with van der Waals surface area (Å²) in [7, 11) is 0. The summed E-state index contributed by atoms with van der Waals surface area (Å²) in [6, 6.07) is 8.80. The van der Waals surface area contributed by atoms with E-state index >= 15 is 0 Å². The topological polar surface area (TPSA) is 62.5 Å². The van der Waals surface area contributed by atoms with E-state index in [4.69, 9.17) is 21.1 Å². The molecule has 0 aliphatic carbocycles. The molecule has 0 radical (unpaired) electrons. The third-order valence-electron chi connectivity index (χ3n) is 2.27. The van der Waals surface area contributed by atoms with Crippen LogP contribution in [0.5, 0.6) is 0 Å². The van der Waals surface area contributed by atoms with Crippen molar-refractivity contribution in [1.29, 1.82) is 0 Å². The zero-order chi connectivity index (χ0) is 12.3. The molecule has 0 saturated heterocycles. The molecule has 2 N–H and O–H groups in total. The van der Waals surface area contributed by atoms with Crippen molar-refractivity contribution in [3.8, 4) is 0 Å². The molecule has 0 aliphatic rings. The van der Waals surface area contributed by atoms with Crippen molar-refractivity contribution in [1.82, 2.24) is 0 Å². The van der Waals surface area contributed by atoms with E-state index in [0.717, 1.165) is 5.69 Å². The zero-order valence-electron chi connectivity index (χ0n) is 8.81. The predicted octanol–water partition coefficient (Wildman–Crippen LogP) is 3.24. The summed E-state index contributed by atoms with van der Waals surface area (Å²) in [6.07, 6.45) is 1.36. The molecule has 0 unspecified atom stereocenters. The molecule has 2 rings (SSSR count). The first-order chi connectivity index (χ1) is 8.16. The second-order valence-electron chi connectivity index (χ2n) is 3.44. The van der Waals surface area contributed by atoms with E-state index in [1.54, 1.807) is 18.2 Å². The van der Waals surface area contributed by atoms with Crippen molar-refractivity contribution in [2.45, 2.75) is 6.54 Å². The summed E-state index contributed by atoms with van der Waals surface area (Å²) >= 11 is 5.76. The number of carbonyl (C=O) groups is 1. The Hall–Kier alpha value is -1.94. The summed E-state index contributed by atoms with van der Waals surface area (Å²) in [6.45, 7) is 0.389. The van der Waals surface area contributed by atoms with Gasteiger partial charge < -0.3 is 14.8 Å². The first-order valence-corrected chi connectivity index (χ1v) is 5.33. The molecule has 0 fully saturated rings. The molecule has 88 valence electrons. The Morgan fingerprint density at radius 3 is 2.65 bits per heavy atom. The lowest BCUT2D eigenvalue weighted by Crippen LogP contribution is -2.04. The maximum Gasteiger partial charge on any atom is 0.372 e. The number of benzene rings is 1. The van der Waals surface area contributed by atoms with Gasteiger partial charge in [-0.25, -0.2) is 4.79 Å². The maximum atomic E-state index is 10.8. The van der Waals surface area contributed by atoms with Gasteiger partial charge in [0.05, 0.1) is 6.26 Å². The lowest BCUT2D eigenvalue weighted by molar-refractivity contribution is 0.0661. The smallest absolute Gasteiger partial charge is 0.372 e. The van der Waals surface area contributed by atoms with E-state index in [9.17, 15) is 4.79 Å². The van der Waals surface area contributed by atoms with Gasteiger partial charge in [-0.3, -0.25) is 0 Å². The second kappa shape index (κ2) is 4.93.